The Morgan fingerprint density at radius 1 is 1.39 bits per heavy atom. The molecule has 3 heterocycles. The van der Waals surface area contributed by atoms with Crippen molar-refractivity contribution in [1.82, 2.24) is 14.7 Å². The second-order valence-electron chi connectivity index (χ2n) is 8.36. The van der Waals surface area contributed by atoms with Crippen LogP contribution < -0.4 is 4.90 Å². The van der Waals surface area contributed by atoms with Crippen molar-refractivity contribution in [3.8, 4) is 6.07 Å². The van der Waals surface area contributed by atoms with Gasteiger partial charge in [-0.2, -0.15) is 23.5 Å². The molecule has 0 unspecified atom stereocenters. The minimum absolute atomic E-state index is 0.0421. The Hall–Kier alpha value is -3.06. The minimum atomic E-state index is -4.63. The lowest BCUT2D eigenvalue weighted by Gasteiger charge is -2.42. The maximum atomic E-state index is 13.4. The molecule has 31 heavy (non-hydrogen) atoms. The minimum Gasteiger partial charge on any atom is -0.396 e. The van der Waals surface area contributed by atoms with Crippen LogP contribution in [0.25, 0.3) is 0 Å². The van der Waals surface area contributed by atoms with Crippen molar-refractivity contribution in [3.63, 3.8) is 0 Å². The average Bonchev–Trinajstić information content (AvgIpc) is 3.35. The molecule has 2 aromatic rings. The van der Waals surface area contributed by atoms with Gasteiger partial charge >= 0.3 is 6.18 Å². The standard InChI is InChI=1S/C21H22F3N5O2/c1-27-9-15(8-26-27)19(31)28-5-4-16-10-29(12-20(16,11-28)13-30)17-3-2-14(7-25)18(6-17)21(22,23)24/h2-3,6,8-9,16,30H,4-5,10-13H2,1H3/t16-,20+/m0/s1. The first-order valence-corrected chi connectivity index (χ1v) is 9.92. The number of piperidine rings is 1. The molecule has 1 aromatic carbocycles. The average molecular weight is 433 g/mol. The van der Waals surface area contributed by atoms with E-state index in [0.29, 0.717) is 43.9 Å². The van der Waals surface area contributed by atoms with Gasteiger partial charge in [-0.3, -0.25) is 9.48 Å². The van der Waals surface area contributed by atoms with Gasteiger partial charge in [-0.05, 0) is 30.5 Å². The van der Waals surface area contributed by atoms with Crippen LogP contribution in [0.15, 0.2) is 30.6 Å². The number of nitrogens with zero attached hydrogens (tertiary/aromatic N) is 5. The van der Waals surface area contributed by atoms with Crippen LogP contribution in [-0.2, 0) is 13.2 Å². The van der Waals surface area contributed by atoms with Crippen LogP contribution in [-0.4, -0.2) is 58.5 Å². The Labute approximate surface area is 177 Å². The van der Waals surface area contributed by atoms with Gasteiger partial charge in [-0.1, -0.05) is 0 Å². The number of carbonyl (C=O) groups is 1. The van der Waals surface area contributed by atoms with Crippen molar-refractivity contribution < 1.29 is 23.1 Å². The van der Waals surface area contributed by atoms with Gasteiger partial charge in [-0.15, -0.1) is 0 Å². The van der Waals surface area contributed by atoms with Gasteiger partial charge in [0.15, 0.2) is 0 Å². The van der Waals surface area contributed by atoms with E-state index in [2.05, 4.69) is 5.10 Å². The zero-order valence-electron chi connectivity index (χ0n) is 16.9. The summed E-state index contributed by atoms with van der Waals surface area (Å²) in [5.74, 6) is -0.129. The van der Waals surface area contributed by atoms with Gasteiger partial charge in [0.25, 0.3) is 5.91 Å². The number of halogens is 3. The zero-order valence-corrected chi connectivity index (χ0v) is 16.9. The fourth-order valence-electron chi connectivity index (χ4n) is 4.76. The molecule has 164 valence electrons. The highest BCUT2D eigenvalue weighted by Crippen LogP contribution is 2.44. The molecule has 2 aliphatic heterocycles. The summed E-state index contributed by atoms with van der Waals surface area (Å²) in [5, 5.41) is 23.3. The van der Waals surface area contributed by atoms with Crippen LogP contribution >= 0.6 is 0 Å². The Morgan fingerprint density at radius 2 is 2.16 bits per heavy atom. The van der Waals surface area contributed by atoms with E-state index < -0.39 is 22.7 Å². The van der Waals surface area contributed by atoms with Crippen molar-refractivity contribution in [3.05, 3.63) is 47.3 Å². The van der Waals surface area contributed by atoms with Crippen LogP contribution in [0.1, 0.15) is 27.9 Å². The van der Waals surface area contributed by atoms with Gasteiger partial charge in [0.2, 0.25) is 0 Å². The summed E-state index contributed by atoms with van der Waals surface area (Å²) in [4.78, 5) is 16.4. The number of anilines is 1. The number of hydrogen-bond donors (Lipinski definition) is 1. The van der Waals surface area contributed by atoms with Gasteiger partial charge in [0.05, 0.1) is 35.6 Å². The number of benzene rings is 1. The number of aliphatic hydroxyl groups excluding tert-OH is 1. The van der Waals surface area contributed by atoms with Crippen molar-refractivity contribution in [2.24, 2.45) is 18.4 Å². The van der Waals surface area contributed by atoms with E-state index in [1.54, 1.807) is 28.9 Å². The van der Waals surface area contributed by atoms with E-state index in [1.165, 1.54) is 18.3 Å². The number of likely N-dealkylation sites (tertiary alicyclic amines) is 1. The van der Waals surface area contributed by atoms with Gasteiger partial charge in [0.1, 0.15) is 0 Å². The number of aliphatic hydroxyl groups is 1. The second-order valence-corrected chi connectivity index (χ2v) is 8.36. The normalized spacial score (nSPS) is 23.5. The molecule has 2 fully saturated rings. The highest BCUT2D eigenvalue weighted by atomic mass is 19.4. The Morgan fingerprint density at radius 3 is 2.77 bits per heavy atom. The molecule has 0 bridgehead atoms. The molecule has 0 saturated carbocycles. The van der Waals surface area contributed by atoms with Gasteiger partial charge in [0, 0.05) is 50.5 Å². The number of aromatic nitrogens is 2. The first-order valence-electron chi connectivity index (χ1n) is 9.92. The number of rotatable bonds is 3. The Balaban J connectivity index is 1.58. The molecule has 0 aliphatic carbocycles. The molecule has 7 nitrogen and oxygen atoms in total. The van der Waals surface area contributed by atoms with E-state index in [4.69, 9.17) is 5.26 Å². The monoisotopic (exact) mass is 433 g/mol. The van der Waals surface area contributed by atoms with E-state index in [1.807, 2.05) is 4.90 Å². The first kappa shape index (κ1) is 21.2. The predicted octanol–water partition coefficient (Wildman–Crippen LogP) is 2.27. The summed E-state index contributed by atoms with van der Waals surface area (Å²) in [6.07, 6.45) is -0.854. The maximum Gasteiger partial charge on any atom is 0.417 e. The molecule has 1 aromatic heterocycles. The van der Waals surface area contributed by atoms with E-state index in [9.17, 15) is 23.1 Å². The van der Waals surface area contributed by atoms with Crippen LogP contribution in [0.4, 0.5) is 18.9 Å². The molecule has 0 radical (unpaired) electrons. The summed E-state index contributed by atoms with van der Waals surface area (Å²) in [7, 11) is 1.72. The first-order chi connectivity index (χ1) is 14.7. The van der Waals surface area contributed by atoms with Crippen LogP contribution in [0.5, 0.6) is 0 Å². The van der Waals surface area contributed by atoms with Gasteiger partial charge < -0.3 is 14.9 Å². The molecule has 0 spiro atoms. The smallest absolute Gasteiger partial charge is 0.396 e. The topological polar surface area (TPSA) is 85.4 Å². The SMILES string of the molecule is Cn1cc(C(=O)N2CC[C@H]3CN(c4ccc(C#N)c(C(F)(F)F)c4)C[C@@]3(CO)C2)cn1. The maximum absolute atomic E-state index is 13.4. The van der Waals surface area contributed by atoms with Crippen molar-refractivity contribution in [1.29, 1.82) is 5.26 Å². The lowest BCUT2D eigenvalue weighted by molar-refractivity contribution is -0.137. The molecule has 1 N–H and O–H groups in total. The van der Waals surface area contributed by atoms with Crippen LogP contribution in [0.3, 0.4) is 0 Å². The highest BCUT2D eigenvalue weighted by Gasteiger charge is 2.50. The van der Waals surface area contributed by atoms with E-state index in [0.717, 1.165) is 6.07 Å². The number of alkyl halides is 3. The largest absolute Gasteiger partial charge is 0.417 e. The second kappa shape index (κ2) is 7.57. The van der Waals surface area contributed by atoms with Crippen molar-refractivity contribution in [2.75, 3.05) is 37.7 Å². The summed E-state index contributed by atoms with van der Waals surface area (Å²) >= 11 is 0. The Bertz CT molecular complexity index is 1040. The third-order valence-corrected chi connectivity index (χ3v) is 6.41. The number of carbonyl (C=O) groups excluding carboxylic acids is 1. The van der Waals surface area contributed by atoms with Crippen LogP contribution in [0, 0.1) is 22.7 Å². The number of aryl methyl sites for hydroxylation is 1. The van der Waals surface area contributed by atoms with E-state index in [-0.39, 0.29) is 18.4 Å². The lowest BCUT2D eigenvalue weighted by atomic mass is 9.74. The lowest BCUT2D eigenvalue weighted by Crippen LogP contribution is -2.52. The fraction of sp³-hybridized carbons (Fsp3) is 0.476. The molecule has 2 atom stereocenters. The van der Waals surface area contributed by atoms with Crippen LogP contribution in [0.2, 0.25) is 0 Å². The molecule has 10 heteroatoms. The predicted molar refractivity (Wildman–Crippen MR) is 105 cm³/mol. The molecular formula is C21H22F3N5O2. The zero-order chi connectivity index (χ0) is 22.4. The molecule has 4 rings (SSSR count). The number of hydrogen-bond acceptors (Lipinski definition) is 5. The third kappa shape index (κ3) is 3.74. The van der Waals surface area contributed by atoms with E-state index >= 15 is 0 Å². The molecule has 2 saturated heterocycles. The number of amides is 1. The number of nitriles is 1. The van der Waals surface area contributed by atoms with Crippen molar-refractivity contribution >= 4 is 11.6 Å². The summed E-state index contributed by atoms with van der Waals surface area (Å²) in [6, 6.07) is 5.29. The molecule has 2 aliphatic rings. The summed E-state index contributed by atoms with van der Waals surface area (Å²) < 4.78 is 41.7. The third-order valence-electron chi connectivity index (χ3n) is 6.41. The number of fused-ring (bicyclic) bond motifs is 1. The van der Waals surface area contributed by atoms with Gasteiger partial charge in [-0.25, -0.2) is 0 Å². The fourth-order valence-corrected chi connectivity index (χ4v) is 4.76. The summed E-state index contributed by atoms with van der Waals surface area (Å²) in [5.41, 5.74) is -1.18. The quantitative estimate of drug-likeness (QED) is 0.803. The molecular weight excluding hydrogens is 411 g/mol. The summed E-state index contributed by atoms with van der Waals surface area (Å²) in [6.45, 7) is 1.47. The molecule has 1 amide bonds. The Kier molecular flexibility index (Phi) is 5.17. The highest BCUT2D eigenvalue weighted by molar-refractivity contribution is 5.93. The van der Waals surface area contributed by atoms with Crippen molar-refractivity contribution in [2.45, 2.75) is 12.6 Å².